The largest absolute Gasteiger partial charge is 0.323 e. The van der Waals surface area contributed by atoms with Crippen LogP contribution in [-0.2, 0) is 4.79 Å². The molecule has 3 rings (SSSR count). The minimum Gasteiger partial charge on any atom is -0.323 e. The van der Waals surface area contributed by atoms with E-state index in [2.05, 4.69) is 20.8 Å². The number of urea groups is 1. The van der Waals surface area contributed by atoms with Crippen LogP contribution in [0.25, 0.3) is 10.6 Å². The third kappa shape index (κ3) is 1.90. The van der Waals surface area contributed by atoms with Crippen molar-refractivity contribution in [1.82, 2.24) is 20.8 Å². The van der Waals surface area contributed by atoms with Crippen LogP contribution in [0.2, 0.25) is 0 Å². The summed E-state index contributed by atoms with van der Waals surface area (Å²) >= 11 is 1.60. The van der Waals surface area contributed by atoms with Crippen molar-refractivity contribution < 1.29 is 9.59 Å². The third-order valence-corrected chi connectivity index (χ3v) is 4.67. The van der Waals surface area contributed by atoms with Crippen LogP contribution in [0.15, 0.2) is 23.6 Å². The number of aromatic nitrogens is 2. The first-order valence-electron chi connectivity index (χ1n) is 6.23. The van der Waals surface area contributed by atoms with Gasteiger partial charge in [-0.05, 0) is 24.4 Å². The fraction of sp³-hybridized carbons (Fsp3) is 0.308. The summed E-state index contributed by atoms with van der Waals surface area (Å²) in [4.78, 5) is 24.3. The summed E-state index contributed by atoms with van der Waals surface area (Å²) in [6.45, 7) is 3.60. The van der Waals surface area contributed by atoms with E-state index in [1.165, 1.54) is 0 Å². The van der Waals surface area contributed by atoms with Gasteiger partial charge in [0, 0.05) is 11.6 Å². The number of hydrogen-bond acceptors (Lipinski definition) is 4. The highest BCUT2D eigenvalue weighted by Crippen LogP contribution is 2.32. The van der Waals surface area contributed by atoms with Gasteiger partial charge >= 0.3 is 6.03 Å². The lowest BCUT2D eigenvalue weighted by Crippen LogP contribution is -2.48. The Kier molecular flexibility index (Phi) is 2.86. The van der Waals surface area contributed by atoms with Crippen LogP contribution in [0, 0.1) is 0 Å². The van der Waals surface area contributed by atoms with Crippen LogP contribution in [0.1, 0.15) is 25.5 Å². The Balaban J connectivity index is 1.90. The molecule has 0 bridgehead atoms. The first kappa shape index (κ1) is 12.9. The van der Waals surface area contributed by atoms with Crippen molar-refractivity contribution in [2.75, 3.05) is 0 Å². The highest BCUT2D eigenvalue weighted by molar-refractivity contribution is 7.13. The third-order valence-electron chi connectivity index (χ3n) is 3.78. The van der Waals surface area contributed by atoms with Gasteiger partial charge in [-0.1, -0.05) is 13.0 Å². The summed E-state index contributed by atoms with van der Waals surface area (Å²) in [6, 6.07) is 5.41. The summed E-state index contributed by atoms with van der Waals surface area (Å²) in [5.74, 6) is -0.530. The maximum absolute atomic E-state index is 11.9. The lowest BCUT2D eigenvalue weighted by molar-refractivity contribution is -0.124. The van der Waals surface area contributed by atoms with Crippen LogP contribution < -0.4 is 10.6 Å². The number of aromatic amines is 1. The summed E-state index contributed by atoms with van der Waals surface area (Å²) in [7, 11) is 0. The molecule has 3 amide bonds. The molecule has 1 saturated heterocycles. The molecule has 2 atom stereocenters. The fourth-order valence-electron chi connectivity index (χ4n) is 2.28. The molecule has 0 aromatic carbocycles. The van der Waals surface area contributed by atoms with Crippen molar-refractivity contribution in [3.05, 3.63) is 29.3 Å². The van der Waals surface area contributed by atoms with Gasteiger partial charge in [0.1, 0.15) is 11.2 Å². The van der Waals surface area contributed by atoms with Crippen LogP contribution in [0.4, 0.5) is 4.79 Å². The molecule has 20 heavy (non-hydrogen) atoms. The smallest absolute Gasteiger partial charge is 0.322 e. The molecule has 3 heterocycles. The lowest BCUT2D eigenvalue weighted by atomic mass is 9.84. The molecule has 2 aromatic rings. The van der Waals surface area contributed by atoms with Gasteiger partial charge in [-0.3, -0.25) is 15.2 Å². The van der Waals surface area contributed by atoms with E-state index in [-0.39, 0.29) is 11.8 Å². The Morgan fingerprint density at radius 2 is 2.20 bits per heavy atom. The van der Waals surface area contributed by atoms with Crippen molar-refractivity contribution in [3.63, 3.8) is 0 Å². The second-order valence-electron chi connectivity index (χ2n) is 5.02. The molecule has 2 unspecified atom stereocenters. The number of nitrogens with zero attached hydrogens (tertiary/aromatic N) is 1. The number of nitrogens with one attached hydrogen (secondary N) is 3. The van der Waals surface area contributed by atoms with Crippen molar-refractivity contribution >= 4 is 23.3 Å². The Morgan fingerprint density at radius 3 is 2.80 bits per heavy atom. The fourth-order valence-corrected chi connectivity index (χ4v) is 2.97. The number of carbonyl (C=O) groups excluding carboxylic acids is 2. The first-order valence-corrected chi connectivity index (χ1v) is 7.11. The van der Waals surface area contributed by atoms with Crippen molar-refractivity contribution in [1.29, 1.82) is 0 Å². The number of hydrogen-bond donors (Lipinski definition) is 3. The zero-order valence-corrected chi connectivity index (χ0v) is 11.9. The molecular formula is C13H14N4O2S. The Labute approximate surface area is 119 Å². The molecule has 6 nitrogen and oxygen atoms in total. The summed E-state index contributed by atoms with van der Waals surface area (Å²) in [5.41, 5.74) is 0.694. The average Bonchev–Trinajstić information content (AvgIpc) is 3.10. The lowest BCUT2D eigenvalue weighted by Gasteiger charge is -2.27. The maximum atomic E-state index is 11.9. The van der Waals surface area contributed by atoms with E-state index >= 15 is 0 Å². The molecule has 2 aromatic heterocycles. The zero-order chi connectivity index (χ0) is 14.3. The van der Waals surface area contributed by atoms with Crippen LogP contribution in [0.3, 0.4) is 0 Å². The Morgan fingerprint density at radius 1 is 1.40 bits per heavy atom. The van der Waals surface area contributed by atoms with Crippen LogP contribution in [-0.4, -0.2) is 27.7 Å². The topological polar surface area (TPSA) is 86.9 Å². The molecule has 0 spiro atoms. The number of thiophene rings is 1. The maximum Gasteiger partial charge on any atom is 0.322 e. The Hall–Kier alpha value is -2.15. The molecule has 0 radical (unpaired) electrons. The van der Waals surface area contributed by atoms with Gasteiger partial charge in [-0.2, -0.15) is 5.10 Å². The van der Waals surface area contributed by atoms with E-state index < -0.39 is 11.6 Å². The van der Waals surface area contributed by atoms with Gasteiger partial charge < -0.3 is 5.32 Å². The van der Waals surface area contributed by atoms with E-state index in [1.54, 1.807) is 18.3 Å². The van der Waals surface area contributed by atoms with Gasteiger partial charge in [0.15, 0.2) is 0 Å². The molecule has 1 aliphatic heterocycles. The SMILES string of the molecule is CC(c1cc(-c2cccs2)n[nH]1)C1(C)NC(=O)NC1=O. The minimum absolute atomic E-state index is 0.213. The predicted octanol–water partition coefficient (Wildman–Crippen LogP) is 1.84. The summed E-state index contributed by atoms with van der Waals surface area (Å²) in [5, 5.41) is 14.2. The van der Waals surface area contributed by atoms with Crippen molar-refractivity contribution in [2.45, 2.75) is 25.3 Å². The highest BCUT2D eigenvalue weighted by atomic mass is 32.1. The zero-order valence-electron chi connectivity index (χ0n) is 11.1. The van der Waals surface area contributed by atoms with Gasteiger partial charge in [-0.25, -0.2) is 4.79 Å². The van der Waals surface area contributed by atoms with Crippen LogP contribution in [0.5, 0.6) is 0 Å². The molecule has 0 saturated carbocycles. The monoisotopic (exact) mass is 290 g/mol. The predicted molar refractivity (Wildman–Crippen MR) is 75.4 cm³/mol. The molecule has 7 heteroatoms. The quantitative estimate of drug-likeness (QED) is 0.754. The van der Waals surface area contributed by atoms with E-state index in [9.17, 15) is 9.59 Å². The molecule has 1 aliphatic rings. The number of amides is 3. The minimum atomic E-state index is -0.962. The van der Waals surface area contributed by atoms with Gasteiger partial charge in [0.05, 0.1) is 4.88 Å². The normalized spacial score (nSPS) is 23.5. The second kappa shape index (κ2) is 4.45. The summed E-state index contributed by atoms with van der Waals surface area (Å²) in [6.07, 6.45) is 0. The van der Waals surface area contributed by atoms with Gasteiger partial charge in [-0.15, -0.1) is 11.3 Å². The Bertz CT molecular complexity index is 664. The average molecular weight is 290 g/mol. The van der Waals surface area contributed by atoms with Gasteiger partial charge in [0.25, 0.3) is 5.91 Å². The number of imide groups is 1. The number of rotatable bonds is 3. The molecule has 3 N–H and O–H groups in total. The number of carbonyl (C=O) groups is 2. The van der Waals surface area contributed by atoms with Crippen molar-refractivity contribution in [2.24, 2.45) is 0 Å². The van der Waals surface area contributed by atoms with E-state index in [0.29, 0.717) is 0 Å². The first-order chi connectivity index (χ1) is 9.50. The highest BCUT2D eigenvalue weighted by Gasteiger charge is 2.47. The van der Waals surface area contributed by atoms with E-state index in [4.69, 9.17) is 0 Å². The molecule has 104 valence electrons. The second-order valence-corrected chi connectivity index (χ2v) is 5.97. The number of H-pyrrole nitrogens is 1. The summed E-state index contributed by atoms with van der Waals surface area (Å²) < 4.78 is 0. The van der Waals surface area contributed by atoms with Crippen LogP contribution >= 0.6 is 11.3 Å². The van der Waals surface area contributed by atoms with Gasteiger partial charge in [0.2, 0.25) is 0 Å². The molecular weight excluding hydrogens is 276 g/mol. The van der Waals surface area contributed by atoms with E-state index in [0.717, 1.165) is 16.3 Å². The van der Waals surface area contributed by atoms with E-state index in [1.807, 2.05) is 30.5 Å². The molecule has 0 aliphatic carbocycles. The molecule has 1 fully saturated rings. The standard InChI is InChI=1S/C13H14N4O2S/c1-7(13(2)11(18)14-12(19)15-13)8-6-9(17-16-8)10-4-3-5-20-10/h3-7H,1-2H3,(H,16,17)(H2,14,15,18,19). The van der Waals surface area contributed by atoms with Crippen molar-refractivity contribution in [3.8, 4) is 10.6 Å².